The molecule has 0 saturated carbocycles. The van der Waals surface area contributed by atoms with Gasteiger partial charge in [-0.1, -0.05) is 11.6 Å². The lowest BCUT2D eigenvalue weighted by molar-refractivity contribution is -0.139. The topological polar surface area (TPSA) is 86.7 Å². The highest BCUT2D eigenvalue weighted by atomic mass is 35.5. The number of hydrogen-bond donors (Lipinski definition) is 2. The van der Waals surface area contributed by atoms with Gasteiger partial charge in [-0.25, -0.2) is 8.42 Å². The van der Waals surface area contributed by atoms with Crippen LogP contribution in [0.1, 0.15) is 25.7 Å². The quantitative estimate of drug-likeness (QED) is 0.839. The summed E-state index contributed by atoms with van der Waals surface area (Å²) in [5.74, 6) is -1.03. The van der Waals surface area contributed by atoms with Crippen molar-refractivity contribution < 1.29 is 18.3 Å². The third-order valence-electron chi connectivity index (χ3n) is 4.77. The van der Waals surface area contributed by atoms with E-state index in [2.05, 4.69) is 10.2 Å². The molecule has 2 saturated heterocycles. The molecule has 2 atom stereocenters. The highest BCUT2D eigenvalue weighted by Gasteiger charge is 2.38. The maximum Gasteiger partial charge on any atom is 0.320 e. The van der Waals surface area contributed by atoms with Crippen molar-refractivity contribution in [3.63, 3.8) is 0 Å². The molecule has 24 heavy (non-hydrogen) atoms. The fourth-order valence-corrected chi connectivity index (χ4v) is 5.58. The van der Waals surface area contributed by atoms with Gasteiger partial charge in [-0.15, -0.1) is 0 Å². The minimum atomic E-state index is -3.66. The molecule has 1 aromatic rings. The monoisotopic (exact) mass is 372 g/mol. The molecule has 6 nitrogen and oxygen atoms in total. The Morgan fingerprint density at radius 3 is 2.54 bits per heavy atom. The molecule has 3 rings (SSSR count). The SMILES string of the molecule is O=C(O)[C@@H]1C[C@@H](S(=O)(=O)c2ccc(N3CCCCC3)cc2Cl)CN1. The minimum Gasteiger partial charge on any atom is -0.480 e. The number of carboxylic acids is 1. The van der Waals surface area contributed by atoms with E-state index >= 15 is 0 Å². The standard InChI is InChI=1S/C16H21ClN2O4S/c17-13-8-11(19-6-2-1-3-7-19)4-5-15(13)24(22,23)12-9-14(16(20)21)18-10-12/h4-5,8,12,14,18H,1-3,6-7,9-10H2,(H,20,21)/t12-,14+/m1/s1. The zero-order valence-corrected chi connectivity index (χ0v) is 14.8. The van der Waals surface area contributed by atoms with E-state index < -0.39 is 27.1 Å². The van der Waals surface area contributed by atoms with Crippen molar-refractivity contribution in [1.82, 2.24) is 5.32 Å². The maximum absolute atomic E-state index is 12.8. The van der Waals surface area contributed by atoms with Crippen molar-refractivity contribution in [2.45, 2.75) is 41.9 Å². The third kappa shape index (κ3) is 3.38. The molecule has 1 aromatic carbocycles. The van der Waals surface area contributed by atoms with Crippen LogP contribution in [0.2, 0.25) is 5.02 Å². The molecule has 2 heterocycles. The van der Waals surface area contributed by atoms with Crippen LogP contribution in [0.5, 0.6) is 0 Å². The van der Waals surface area contributed by atoms with Crippen LogP contribution in [-0.2, 0) is 14.6 Å². The summed E-state index contributed by atoms with van der Waals surface area (Å²) in [7, 11) is -3.66. The van der Waals surface area contributed by atoms with E-state index in [9.17, 15) is 13.2 Å². The summed E-state index contributed by atoms with van der Waals surface area (Å²) in [6, 6.07) is 4.23. The van der Waals surface area contributed by atoms with E-state index in [1.807, 2.05) is 0 Å². The first-order chi connectivity index (χ1) is 11.4. The lowest BCUT2D eigenvalue weighted by atomic mass is 10.1. The first-order valence-electron chi connectivity index (χ1n) is 8.14. The number of nitrogens with zero attached hydrogens (tertiary/aromatic N) is 1. The molecule has 2 aliphatic rings. The van der Waals surface area contributed by atoms with Gasteiger partial charge < -0.3 is 15.3 Å². The van der Waals surface area contributed by atoms with E-state index in [-0.39, 0.29) is 22.9 Å². The van der Waals surface area contributed by atoms with Crippen LogP contribution in [0.15, 0.2) is 23.1 Å². The van der Waals surface area contributed by atoms with Crippen molar-refractivity contribution in [2.75, 3.05) is 24.5 Å². The Labute approximate surface area is 146 Å². The predicted molar refractivity (Wildman–Crippen MR) is 92.5 cm³/mol. The van der Waals surface area contributed by atoms with Crippen molar-refractivity contribution in [3.05, 3.63) is 23.2 Å². The van der Waals surface area contributed by atoms with Gasteiger partial charge >= 0.3 is 5.97 Å². The van der Waals surface area contributed by atoms with E-state index in [0.717, 1.165) is 31.6 Å². The number of halogens is 1. The Bertz CT molecular complexity index is 732. The third-order valence-corrected chi connectivity index (χ3v) is 7.40. The lowest BCUT2D eigenvalue weighted by Gasteiger charge is -2.29. The van der Waals surface area contributed by atoms with Gasteiger partial charge in [0.25, 0.3) is 0 Å². The van der Waals surface area contributed by atoms with Crippen LogP contribution in [0.3, 0.4) is 0 Å². The van der Waals surface area contributed by atoms with E-state index in [1.54, 1.807) is 18.2 Å². The summed E-state index contributed by atoms with van der Waals surface area (Å²) in [5, 5.41) is 11.2. The first-order valence-corrected chi connectivity index (χ1v) is 10.1. The van der Waals surface area contributed by atoms with Gasteiger partial charge in [-0.2, -0.15) is 0 Å². The molecule has 0 radical (unpaired) electrons. The van der Waals surface area contributed by atoms with Gasteiger partial charge in [0.15, 0.2) is 9.84 Å². The Hall–Kier alpha value is -1.31. The van der Waals surface area contributed by atoms with E-state index in [1.165, 1.54) is 6.42 Å². The van der Waals surface area contributed by atoms with Crippen LogP contribution in [-0.4, -0.2) is 50.4 Å². The average Bonchev–Trinajstić information content (AvgIpc) is 3.06. The van der Waals surface area contributed by atoms with Gasteiger partial charge in [-0.05, 0) is 43.9 Å². The zero-order chi connectivity index (χ0) is 17.3. The maximum atomic E-state index is 12.8. The molecule has 0 bridgehead atoms. The second-order valence-electron chi connectivity index (χ2n) is 6.36. The number of rotatable bonds is 4. The molecule has 0 amide bonds. The summed E-state index contributed by atoms with van der Waals surface area (Å²) in [6.07, 6.45) is 3.53. The fraction of sp³-hybridized carbons (Fsp3) is 0.562. The number of aliphatic carboxylic acids is 1. The normalized spacial score (nSPS) is 25.0. The summed E-state index contributed by atoms with van der Waals surface area (Å²) >= 11 is 6.27. The molecule has 0 spiro atoms. The van der Waals surface area contributed by atoms with Crippen molar-refractivity contribution in [2.24, 2.45) is 0 Å². The van der Waals surface area contributed by atoms with Crippen molar-refractivity contribution in [3.8, 4) is 0 Å². The molecule has 2 fully saturated rings. The second kappa shape index (κ2) is 6.90. The molecule has 0 unspecified atom stereocenters. The summed E-state index contributed by atoms with van der Waals surface area (Å²) in [6.45, 7) is 2.04. The summed E-state index contributed by atoms with van der Waals surface area (Å²) < 4.78 is 25.6. The Kier molecular flexibility index (Phi) is 5.03. The number of sulfone groups is 1. The number of anilines is 1. The van der Waals surface area contributed by atoms with Gasteiger partial charge in [0.2, 0.25) is 0 Å². The number of carbonyl (C=O) groups is 1. The van der Waals surface area contributed by atoms with Gasteiger partial charge in [0.05, 0.1) is 15.2 Å². The fourth-order valence-electron chi connectivity index (χ4n) is 3.38. The molecule has 0 aromatic heterocycles. The van der Waals surface area contributed by atoms with E-state index in [4.69, 9.17) is 16.7 Å². The highest BCUT2D eigenvalue weighted by molar-refractivity contribution is 7.92. The van der Waals surface area contributed by atoms with Crippen molar-refractivity contribution in [1.29, 1.82) is 0 Å². The molecule has 132 valence electrons. The second-order valence-corrected chi connectivity index (χ2v) is 8.97. The average molecular weight is 373 g/mol. The Morgan fingerprint density at radius 2 is 1.96 bits per heavy atom. The molecule has 2 N–H and O–H groups in total. The largest absolute Gasteiger partial charge is 0.480 e. The molecular formula is C16H21ClN2O4S. The Morgan fingerprint density at radius 1 is 1.25 bits per heavy atom. The van der Waals surface area contributed by atoms with Crippen LogP contribution in [0.25, 0.3) is 0 Å². The predicted octanol–water partition coefficient (Wildman–Crippen LogP) is 1.92. The number of nitrogens with one attached hydrogen (secondary N) is 1. The Balaban J connectivity index is 1.82. The smallest absolute Gasteiger partial charge is 0.320 e. The highest BCUT2D eigenvalue weighted by Crippen LogP contribution is 2.32. The van der Waals surface area contributed by atoms with E-state index in [0.29, 0.717) is 0 Å². The summed E-state index contributed by atoms with van der Waals surface area (Å²) in [4.78, 5) is 13.3. The van der Waals surface area contributed by atoms with Gasteiger partial charge in [0.1, 0.15) is 6.04 Å². The van der Waals surface area contributed by atoms with Crippen molar-refractivity contribution >= 4 is 33.1 Å². The molecule has 8 heteroatoms. The zero-order valence-electron chi connectivity index (χ0n) is 13.2. The van der Waals surface area contributed by atoms with Crippen LogP contribution in [0, 0.1) is 0 Å². The molecule has 2 aliphatic heterocycles. The lowest BCUT2D eigenvalue weighted by Crippen LogP contribution is -2.30. The van der Waals surface area contributed by atoms with Crippen LogP contribution in [0.4, 0.5) is 5.69 Å². The number of benzene rings is 1. The van der Waals surface area contributed by atoms with Crippen LogP contribution < -0.4 is 10.2 Å². The molecule has 0 aliphatic carbocycles. The first kappa shape index (κ1) is 17.5. The minimum absolute atomic E-state index is 0.0574. The number of piperidine rings is 1. The van der Waals surface area contributed by atoms with Crippen LogP contribution >= 0.6 is 11.6 Å². The van der Waals surface area contributed by atoms with Gasteiger partial charge in [0, 0.05) is 25.3 Å². The van der Waals surface area contributed by atoms with Gasteiger partial charge in [-0.3, -0.25) is 4.79 Å². The summed E-state index contributed by atoms with van der Waals surface area (Å²) in [5.41, 5.74) is 0.937. The number of carboxylic acid groups (broad SMARTS) is 1. The number of hydrogen-bond acceptors (Lipinski definition) is 5. The molecular weight excluding hydrogens is 352 g/mol.